The zero-order valence-corrected chi connectivity index (χ0v) is 15.9. The summed E-state index contributed by atoms with van der Waals surface area (Å²) >= 11 is 0. The lowest BCUT2D eigenvalue weighted by Gasteiger charge is -2.07. The van der Waals surface area contributed by atoms with Gasteiger partial charge in [0.15, 0.2) is 0 Å². The van der Waals surface area contributed by atoms with Crippen LogP contribution < -0.4 is 16.6 Å². The number of nitrogens with zero attached hydrogens (tertiary/aromatic N) is 4. The van der Waals surface area contributed by atoms with Crippen LogP contribution in [0.3, 0.4) is 0 Å². The molecule has 2 aromatic carbocycles. The van der Waals surface area contributed by atoms with E-state index in [0.717, 1.165) is 0 Å². The molecule has 0 atom stereocenters. The second-order valence-electron chi connectivity index (χ2n) is 6.80. The Balaban J connectivity index is 1.43. The number of fused-ring (bicyclic) bond motifs is 3. The first-order chi connectivity index (χ1) is 15.0. The second kappa shape index (κ2) is 6.95. The number of aromatic nitrogens is 5. The van der Waals surface area contributed by atoms with Gasteiger partial charge in [0.25, 0.3) is 17.4 Å². The minimum absolute atomic E-state index is 0.159. The zero-order chi connectivity index (χ0) is 21.5. The highest BCUT2D eigenvalue weighted by molar-refractivity contribution is 6.08. The van der Waals surface area contributed by atoms with Crippen molar-refractivity contribution in [3.63, 3.8) is 0 Å². The van der Waals surface area contributed by atoms with E-state index in [4.69, 9.17) is 5.73 Å². The largest absolute Gasteiger partial charge is 0.364 e. The van der Waals surface area contributed by atoms with Crippen molar-refractivity contribution < 1.29 is 9.59 Å². The summed E-state index contributed by atoms with van der Waals surface area (Å²) in [4.78, 5) is 39.1. The average Bonchev–Trinajstić information content (AvgIpc) is 3.42. The van der Waals surface area contributed by atoms with Crippen LogP contribution in [0.25, 0.3) is 22.2 Å². The van der Waals surface area contributed by atoms with Crippen molar-refractivity contribution in [1.29, 1.82) is 0 Å². The van der Waals surface area contributed by atoms with Gasteiger partial charge in [-0.1, -0.05) is 12.1 Å². The van der Waals surface area contributed by atoms with Gasteiger partial charge in [-0.15, -0.1) is 0 Å². The summed E-state index contributed by atoms with van der Waals surface area (Å²) in [6.45, 7) is 0. The number of hydrogen-bond acceptors (Lipinski definition) is 5. The third-order valence-corrected chi connectivity index (χ3v) is 4.85. The summed E-state index contributed by atoms with van der Waals surface area (Å²) in [6, 6.07) is 15.4. The molecule has 152 valence electrons. The van der Waals surface area contributed by atoms with Crippen LogP contribution in [-0.2, 0) is 0 Å². The fraction of sp³-hybridized carbons (Fsp3) is 0. The fourth-order valence-electron chi connectivity index (χ4n) is 3.34. The molecule has 0 aliphatic carbocycles. The molecule has 4 N–H and O–H groups in total. The molecule has 2 amide bonds. The van der Waals surface area contributed by atoms with Crippen molar-refractivity contribution in [3.8, 4) is 5.69 Å². The Labute approximate surface area is 173 Å². The number of carbonyl (C=O) groups is 2. The van der Waals surface area contributed by atoms with E-state index in [2.05, 4.69) is 20.5 Å². The van der Waals surface area contributed by atoms with Gasteiger partial charge in [-0.25, -0.2) is 9.20 Å². The number of carbonyl (C=O) groups excluding carboxylic acids is 2. The molecule has 0 unspecified atom stereocenters. The van der Waals surface area contributed by atoms with Crippen LogP contribution >= 0.6 is 0 Å². The van der Waals surface area contributed by atoms with Crippen molar-refractivity contribution >= 4 is 34.1 Å². The number of para-hydroxylation sites is 1. The number of primary amides is 1. The number of nitrogens with two attached hydrogens (primary N) is 1. The summed E-state index contributed by atoms with van der Waals surface area (Å²) < 4.78 is 3.04. The Morgan fingerprint density at radius 2 is 1.81 bits per heavy atom. The molecule has 0 fully saturated rings. The molecule has 3 aromatic heterocycles. The highest BCUT2D eigenvalue weighted by Gasteiger charge is 2.16. The third-order valence-electron chi connectivity index (χ3n) is 4.85. The van der Waals surface area contributed by atoms with Gasteiger partial charge in [0.2, 0.25) is 0 Å². The Morgan fingerprint density at radius 1 is 1.03 bits per heavy atom. The van der Waals surface area contributed by atoms with E-state index in [-0.39, 0.29) is 16.8 Å². The topological polar surface area (TPSA) is 140 Å². The molecule has 10 nitrogen and oxygen atoms in total. The predicted molar refractivity (Wildman–Crippen MR) is 113 cm³/mol. The first-order valence-corrected chi connectivity index (χ1v) is 9.27. The van der Waals surface area contributed by atoms with Gasteiger partial charge in [0.1, 0.15) is 16.9 Å². The SMILES string of the molecule is NC(=O)c1ccn(-c2ccc(NC(=O)c3cnn4c3[nH]c(=O)c3ccccc34)cc2)n1. The van der Waals surface area contributed by atoms with Gasteiger partial charge in [-0.2, -0.15) is 10.2 Å². The minimum atomic E-state index is -0.609. The quantitative estimate of drug-likeness (QED) is 0.411. The predicted octanol–water partition coefficient (Wildman–Crippen LogP) is 1.71. The van der Waals surface area contributed by atoms with Crippen LogP contribution in [0.1, 0.15) is 20.8 Å². The maximum absolute atomic E-state index is 12.8. The molecule has 3 heterocycles. The van der Waals surface area contributed by atoms with Crippen molar-refractivity contribution in [1.82, 2.24) is 24.4 Å². The molecule has 0 aliphatic heterocycles. The lowest BCUT2D eigenvalue weighted by Crippen LogP contribution is -2.15. The van der Waals surface area contributed by atoms with E-state index in [1.54, 1.807) is 54.7 Å². The summed E-state index contributed by atoms with van der Waals surface area (Å²) in [5, 5.41) is 11.6. The number of H-pyrrole nitrogens is 1. The van der Waals surface area contributed by atoms with Gasteiger partial charge in [0.05, 0.1) is 22.8 Å². The first-order valence-electron chi connectivity index (χ1n) is 9.27. The Kier molecular flexibility index (Phi) is 4.11. The molecule has 0 aliphatic rings. The number of nitrogens with one attached hydrogen (secondary N) is 2. The molecule has 31 heavy (non-hydrogen) atoms. The molecule has 0 saturated heterocycles. The molecule has 5 rings (SSSR count). The lowest BCUT2D eigenvalue weighted by atomic mass is 10.2. The van der Waals surface area contributed by atoms with Crippen molar-refractivity contribution in [2.24, 2.45) is 5.73 Å². The molecule has 5 aromatic rings. The van der Waals surface area contributed by atoms with E-state index in [1.807, 2.05) is 0 Å². The van der Waals surface area contributed by atoms with E-state index in [9.17, 15) is 14.4 Å². The molecule has 0 saturated carbocycles. The van der Waals surface area contributed by atoms with Crippen LogP contribution in [0, 0.1) is 0 Å². The average molecular weight is 413 g/mol. The van der Waals surface area contributed by atoms with Crippen LogP contribution in [0.15, 0.2) is 71.8 Å². The number of rotatable bonds is 4. The standard InChI is InChI=1S/C21H15N7O3/c22-18(29)16-9-10-27(26-16)13-7-5-12(6-8-13)24-21(31)15-11-23-28-17-4-2-1-3-14(17)20(30)25-19(15)28/h1-11H,(H2,22,29)(H,24,31)(H,25,30). The lowest BCUT2D eigenvalue weighted by molar-refractivity contribution is 0.0993. The second-order valence-corrected chi connectivity index (χ2v) is 6.80. The summed E-state index contributed by atoms with van der Waals surface area (Å²) in [7, 11) is 0. The van der Waals surface area contributed by atoms with Crippen molar-refractivity contribution in [2.45, 2.75) is 0 Å². The van der Waals surface area contributed by atoms with E-state index < -0.39 is 11.8 Å². The zero-order valence-electron chi connectivity index (χ0n) is 15.9. The monoisotopic (exact) mass is 413 g/mol. The smallest absolute Gasteiger partial charge is 0.269 e. The number of amides is 2. The first kappa shape index (κ1) is 18.3. The van der Waals surface area contributed by atoms with Gasteiger partial charge in [-0.05, 0) is 42.5 Å². The van der Waals surface area contributed by atoms with Crippen LogP contribution in [0.4, 0.5) is 5.69 Å². The summed E-state index contributed by atoms with van der Waals surface area (Å²) in [6.07, 6.45) is 3.03. The minimum Gasteiger partial charge on any atom is -0.364 e. The summed E-state index contributed by atoms with van der Waals surface area (Å²) in [5.74, 6) is -1.02. The van der Waals surface area contributed by atoms with Crippen LogP contribution in [0.5, 0.6) is 0 Å². The van der Waals surface area contributed by atoms with E-state index >= 15 is 0 Å². The number of anilines is 1. The van der Waals surface area contributed by atoms with Gasteiger partial charge >= 0.3 is 0 Å². The van der Waals surface area contributed by atoms with E-state index in [1.165, 1.54) is 21.5 Å². The molecular formula is C21H15N7O3. The number of benzene rings is 2. The maximum Gasteiger partial charge on any atom is 0.269 e. The highest BCUT2D eigenvalue weighted by atomic mass is 16.2. The normalized spacial score (nSPS) is 11.1. The van der Waals surface area contributed by atoms with Crippen molar-refractivity contribution in [2.75, 3.05) is 5.32 Å². The maximum atomic E-state index is 12.8. The highest BCUT2D eigenvalue weighted by Crippen LogP contribution is 2.17. The molecule has 0 radical (unpaired) electrons. The van der Waals surface area contributed by atoms with E-state index in [0.29, 0.717) is 27.9 Å². The number of hydrogen-bond donors (Lipinski definition) is 3. The third kappa shape index (κ3) is 3.12. The summed E-state index contributed by atoms with van der Waals surface area (Å²) in [5.41, 5.74) is 7.48. The molecular weight excluding hydrogens is 398 g/mol. The van der Waals surface area contributed by atoms with Gasteiger partial charge in [0, 0.05) is 11.9 Å². The number of aromatic amines is 1. The Morgan fingerprint density at radius 3 is 2.55 bits per heavy atom. The fourth-order valence-corrected chi connectivity index (χ4v) is 3.34. The van der Waals surface area contributed by atoms with Crippen LogP contribution in [0.2, 0.25) is 0 Å². The molecule has 0 spiro atoms. The van der Waals surface area contributed by atoms with Gasteiger partial charge in [-0.3, -0.25) is 14.4 Å². The van der Waals surface area contributed by atoms with Crippen molar-refractivity contribution in [3.05, 3.63) is 88.6 Å². The van der Waals surface area contributed by atoms with Crippen LogP contribution in [-0.4, -0.2) is 36.2 Å². The van der Waals surface area contributed by atoms with Gasteiger partial charge < -0.3 is 16.0 Å². The molecule has 0 bridgehead atoms. The molecule has 10 heteroatoms. The Hall–Kier alpha value is -4.73. The Bertz CT molecular complexity index is 1530.